The minimum absolute atomic E-state index is 0.0602. The van der Waals surface area contributed by atoms with Crippen LogP contribution in [0.15, 0.2) is 18.2 Å². The molecule has 1 amide bonds. The summed E-state index contributed by atoms with van der Waals surface area (Å²) in [5.41, 5.74) is 3.74. The van der Waals surface area contributed by atoms with E-state index in [0.29, 0.717) is 6.54 Å². The maximum atomic E-state index is 12.3. The van der Waals surface area contributed by atoms with Crippen LogP contribution in [0.3, 0.4) is 0 Å². The van der Waals surface area contributed by atoms with Gasteiger partial charge < -0.3 is 10.6 Å². The summed E-state index contributed by atoms with van der Waals surface area (Å²) in [7, 11) is 2.01. The summed E-state index contributed by atoms with van der Waals surface area (Å²) in [4.78, 5) is 14.6. The summed E-state index contributed by atoms with van der Waals surface area (Å²) in [5, 5.41) is 6.37. The van der Waals surface area contributed by atoms with Crippen molar-refractivity contribution in [2.75, 3.05) is 33.2 Å². The third-order valence-electron chi connectivity index (χ3n) is 5.29. The number of carbonyl (C=O) groups is 1. The Morgan fingerprint density at radius 3 is 2.58 bits per heavy atom. The minimum Gasteiger partial charge on any atom is -0.348 e. The SMILES string of the molecule is CNCCC1CCN(CC(=O)NC(C)c2ccc(C)c(C)c2)CC1. The number of hydrogen-bond acceptors (Lipinski definition) is 3. The molecule has 1 heterocycles. The lowest BCUT2D eigenvalue weighted by Crippen LogP contribution is -2.42. The molecule has 0 spiro atoms. The van der Waals surface area contributed by atoms with E-state index in [0.717, 1.165) is 25.6 Å². The number of benzene rings is 1. The van der Waals surface area contributed by atoms with Gasteiger partial charge in [0.25, 0.3) is 0 Å². The van der Waals surface area contributed by atoms with Crippen LogP contribution in [-0.4, -0.2) is 44.0 Å². The first kappa shape index (κ1) is 18.9. The Hall–Kier alpha value is -1.39. The van der Waals surface area contributed by atoms with Gasteiger partial charge in [-0.15, -0.1) is 0 Å². The zero-order chi connectivity index (χ0) is 17.5. The molecule has 0 radical (unpaired) electrons. The molecule has 1 atom stereocenters. The van der Waals surface area contributed by atoms with Gasteiger partial charge in [0.15, 0.2) is 0 Å². The molecule has 1 aliphatic rings. The molecule has 4 heteroatoms. The molecule has 1 unspecified atom stereocenters. The average molecular weight is 332 g/mol. The van der Waals surface area contributed by atoms with Crippen molar-refractivity contribution in [1.82, 2.24) is 15.5 Å². The molecule has 2 N–H and O–H groups in total. The summed E-state index contributed by atoms with van der Waals surface area (Å²) in [5.74, 6) is 0.945. The van der Waals surface area contributed by atoms with Gasteiger partial charge in [-0.3, -0.25) is 9.69 Å². The first-order chi connectivity index (χ1) is 11.5. The number of nitrogens with zero attached hydrogens (tertiary/aromatic N) is 1. The first-order valence-corrected chi connectivity index (χ1v) is 9.23. The van der Waals surface area contributed by atoms with Crippen LogP contribution in [0.4, 0.5) is 0 Å². The Balaban J connectivity index is 1.76. The summed E-state index contributed by atoms with van der Waals surface area (Å²) < 4.78 is 0. The maximum Gasteiger partial charge on any atom is 0.234 e. The average Bonchev–Trinajstić information content (AvgIpc) is 2.56. The highest BCUT2D eigenvalue weighted by atomic mass is 16.2. The van der Waals surface area contributed by atoms with Crippen molar-refractivity contribution in [3.63, 3.8) is 0 Å². The van der Waals surface area contributed by atoms with Gasteiger partial charge in [-0.05, 0) is 89.3 Å². The third kappa shape index (κ3) is 5.60. The van der Waals surface area contributed by atoms with Crippen molar-refractivity contribution in [3.8, 4) is 0 Å². The van der Waals surface area contributed by atoms with E-state index in [1.807, 2.05) is 7.05 Å². The highest BCUT2D eigenvalue weighted by Crippen LogP contribution is 2.20. The number of likely N-dealkylation sites (tertiary alicyclic amines) is 1. The Labute approximate surface area is 147 Å². The fraction of sp³-hybridized carbons (Fsp3) is 0.650. The van der Waals surface area contributed by atoms with E-state index in [1.165, 1.54) is 36.0 Å². The standard InChI is InChI=1S/C20H33N3O/c1-15-5-6-19(13-16(15)2)17(3)22-20(24)14-23-11-8-18(9-12-23)7-10-21-4/h5-6,13,17-18,21H,7-12,14H2,1-4H3,(H,22,24). The van der Waals surface area contributed by atoms with Crippen molar-refractivity contribution in [1.29, 1.82) is 0 Å². The number of hydrogen-bond donors (Lipinski definition) is 2. The topological polar surface area (TPSA) is 44.4 Å². The van der Waals surface area contributed by atoms with Gasteiger partial charge in [0.2, 0.25) is 5.91 Å². The van der Waals surface area contributed by atoms with Crippen LogP contribution in [0.1, 0.15) is 48.9 Å². The van der Waals surface area contributed by atoms with E-state index in [2.05, 4.69) is 54.5 Å². The van der Waals surface area contributed by atoms with E-state index in [9.17, 15) is 4.79 Å². The molecule has 1 aliphatic heterocycles. The number of nitrogens with one attached hydrogen (secondary N) is 2. The fourth-order valence-corrected chi connectivity index (χ4v) is 3.39. The lowest BCUT2D eigenvalue weighted by atomic mass is 9.93. The number of aryl methyl sites for hydroxylation is 2. The molecule has 0 bridgehead atoms. The second kappa shape index (κ2) is 9.19. The second-order valence-electron chi connectivity index (χ2n) is 7.24. The van der Waals surface area contributed by atoms with E-state index in [4.69, 9.17) is 0 Å². The Bertz CT molecular complexity index is 536. The van der Waals surface area contributed by atoms with Gasteiger partial charge >= 0.3 is 0 Å². The van der Waals surface area contributed by atoms with Gasteiger partial charge in [0, 0.05) is 0 Å². The molecule has 4 nitrogen and oxygen atoms in total. The van der Waals surface area contributed by atoms with E-state index >= 15 is 0 Å². The van der Waals surface area contributed by atoms with Crippen LogP contribution in [-0.2, 0) is 4.79 Å². The Morgan fingerprint density at radius 2 is 1.96 bits per heavy atom. The van der Waals surface area contributed by atoms with Gasteiger partial charge in [-0.1, -0.05) is 18.2 Å². The number of carbonyl (C=O) groups excluding carboxylic acids is 1. The second-order valence-corrected chi connectivity index (χ2v) is 7.24. The first-order valence-electron chi connectivity index (χ1n) is 9.23. The molecule has 134 valence electrons. The molecule has 1 aromatic rings. The van der Waals surface area contributed by atoms with Crippen molar-refractivity contribution in [3.05, 3.63) is 34.9 Å². The smallest absolute Gasteiger partial charge is 0.234 e. The molecule has 24 heavy (non-hydrogen) atoms. The van der Waals surface area contributed by atoms with Gasteiger partial charge in [0.05, 0.1) is 12.6 Å². The Morgan fingerprint density at radius 1 is 1.25 bits per heavy atom. The van der Waals surface area contributed by atoms with E-state index in [1.54, 1.807) is 0 Å². The molecular weight excluding hydrogens is 298 g/mol. The summed E-state index contributed by atoms with van der Waals surface area (Å²) >= 11 is 0. The van der Waals surface area contributed by atoms with E-state index in [-0.39, 0.29) is 11.9 Å². The number of amides is 1. The summed E-state index contributed by atoms with van der Waals surface area (Å²) in [6.45, 7) is 9.99. The molecule has 1 saturated heterocycles. The van der Waals surface area contributed by atoms with Crippen LogP contribution in [0.5, 0.6) is 0 Å². The largest absolute Gasteiger partial charge is 0.348 e. The van der Waals surface area contributed by atoms with Crippen molar-refractivity contribution >= 4 is 5.91 Å². The van der Waals surface area contributed by atoms with Crippen LogP contribution in [0.25, 0.3) is 0 Å². The highest BCUT2D eigenvalue weighted by molar-refractivity contribution is 5.78. The molecular formula is C20H33N3O. The predicted octanol–water partition coefficient (Wildman–Crippen LogP) is 2.80. The molecule has 2 rings (SSSR count). The maximum absolute atomic E-state index is 12.3. The number of piperidine rings is 1. The van der Waals surface area contributed by atoms with Gasteiger partial charge in [-0.2, -0.15) is 0 Å². The quantitative estimate of drug-likeness (QED) is 0.807. The molecule has 0 aromatic heterocycles. The molecule has 1 aromatic carbocycles. The summed E-state index contributed by atoms with van der Waals surface area (Å²) in [6, 6.07) is 6.47. The molecule has 1 fully saturated rings. The Kier molecular flexibility index (Phi) is 7.25. The lowest BCUT2D eigenvalue weighted by molar-refractivity contribution is -0.123. The highest BCUT2D eigenvalue weighted by Gasteiger charge is 2.21. The molecule has 0 saturated carbocycles. The monoisotopic (exact) mass is 331 g/mol. The fourth-order valence-electron chi connectivity index (χ4n) is 3.39. The van der Waals surface area contributed by atoms with Crippen molar-refractivity contribution < 1.29 is 4.79 Å². The van der Waals surface area contributed by atoms with E-state index < -0.39 is 0 Å². The zero-order valence-corrected chi connectivity index (χ0v) is 15.7. The van der Waals surface area contributed by atoms with Gasteiger partial charge in [0.1, 0.15) is 0 Å². The third-order valence-corrected chi connectivity index (χ3v) is 5.29. The minimum atomic E-state index is 0.0602. The van der Waals surface area contributed by atoms with Crippen LogP contribution < -0.4 is 10.6 Å². The van der Waals surface area contributed by atoms with Crippen molar-refractivity contribution in [2.24, 2.45) is 5.92 Å². The van der Waals surface area contributed by atoms with Crippen LogP contribution in [0, 0.1) is 19.8 Å². The van der Waals surface area contributed by atoms with Crippen LogP contribution in [0.2, 0.25) is 0 Å². The van der Waals surface area contributed by atoms with Crippen LogP contribution >= 0.6 is 0 Å². The van der Waals surface area contributed by atoms with Crippen molar-refractivity contribution in [2.45, 2.75) is 46.1 Å². The zero-order valence-electron chi connectivity index (χ0n) is 15.7. The predicted molar refractivity (Wildman–Crippen MR) is 100 cm³/mol. The van der Waals surface area contributed by atoms with Gasteiger partial charge in [-0.25, -0.2) is 0 Å². The normalized spacial score (nSPS) is 17.7. The number of rotatable bonds is 7. The summed E-state index contributed by atoms with van der Waals surface area (Å²) in [6.07, 6.45) is 3.67. The molecule has 0 aliphatic carbocycles. The lowest BCUT2D eigenvalue weighted by Gasteiger charge is -2.31.